The van der Waals surface area contributed by atoms with Crippen molar-refractivity contribution in [1.29, 1.82) is 0 Å². The lowest BCUT2D eigenvalue weighted by atomic mass is 9.95. The molecule has 0 aromatic carbocycles. The first-order valence-corrected chi connectivity index (χ1v) is 8.17. The van der Waals surface area contributed by atoms with Crippen molar-refractivity contribution in [3.63, 3.8) is 0 Å². The average molecular weight is 337 g/mol. The van der Waals surface area contributed by atoms with Gasteiger partial charge < -0.3 is 19.9 Å². The minimum atomic E-state index is -0.226. The number of hydrogen-bond acceptors (Lipinski definition) is 4. The van der Waals surface area contributed by atoms with Crippen molar-refractivity contribution >= 4 is 11.9 Å². The normalized spacial score (nSPS) is 16.8. The minimum Gasteiger partial charge on any atom is -0.382 e. The van der Waals surface area contributed by atoms with Gasteiger partial charge in [0.15, 0.2) is 0 Å². The number of ether oxygens (including phenoxy) is 1. The van der Waals surface area contributed by atoms with Crippen molar-refractivity contribution < 1.29 is 14.3 Å². The van der Waals surface area contributed by atoms with E-state index in [0.717, 1.165) is 5.69 Å². The van der Waals surface area contributed by atoms with Crippen LogP contribution in [0.15, 0.2) is 12.3 Å². The lowest BCUT2D eigenvalue weighted by molar-refractivity contribution is -0.127. The maximum atomic E-state index is 12.6. The summed E-state index contributed by atoms with van der Waals surface area (Å²) < 4.78 is 6.97. The third kappa shape index (κ3) is 4.25. The Labute approximate surface area is 142 Å². The van der Waals surface area contributed by atoms with Gasteiger partial charge in [-0.3, -0.25) is 9.48 Å². The highest BCUT2D eigenvalue weighted by atomic mass is 16.5. The van der Waals surface area contributed by atoms with Crippen LogP contribution in [0.3, 0.4) is 0 Å². The van der Waals surface area contributed by atoms with Crippen molar-refractivity contribution in [3.05, 3.63) is 18.0 Å². The molecule has 1 unspecified atom stereocenters. The van der Waals surface area contributed by atoms with Crippen molar-refractivity contribution in [2.45, 2.75) is 18.9 Å². The Morgan fingerprint density at radius 3 is 2.58 bits per heavy atom. The predicted octanol–water partition coefficient (Wildman–Crippen LogP) is 0.617. The van der Waals surface area contributed by atoms with Crippen LogP contribution in [0.2, 0.25) is 0 Å². The largest absolute Gasteiger partial charge is 0.382 e. The van der Waals surface area contributed by atoms with Crippen LogP contribution in [0.4, 0.5) is 4.79 Å². The van der Waals surface area contributed by atoms with E-state index in [1.165, 1.54) is 0 Å². The third-order valence-corrected chi connectivity index (χ3v) is 4.38. The highest BCUT2D eigenvalue weighted by molar-refractivity contribution is 5.80. The van der Waals surface area contributed by atoms with Gasteiger partial charge in [-0.05, 0) is 18.9 Å². The fourth-order valence-corrected chi connectivity index (χ4v) is 3.00. The number of aryl methyl sites for hydroxylation is 1. The van der Waals surface area contributed by atoms with Gasteiger partial charge in [-0.1, -0.05) is 0 Å². The molecule has 1 aliphatic rings. The average Bonchev–Trinajstić information content (AvgIpc) is 2.99. The summed E-state index contributed by atoms with van der Waals surface area (Å²) in [6.45, 7) is 1.61. The van der Waals surface area contributed by atoms with E-state index in [2.05, 4.69) is 10.4 Å². The second-order valence-corrected chi connectivity index (χ2v) is 6.33. The molecule has 8 nitrogen and oxygen atoms in total. The van der Waals surface area contributed by atoms with E-state index in [-0.39, 0.29) is 23.9 Å². The Morgan fingerprint density at radius 1 is 1.42 bits per heavy atom. The molecule has 1 atom stereocenters. The molecule has 1 N–H and O–H groups in total. The molecule has 24 heavy (non-hydrogen) atoms. The molecule has 2 heterocycles. The molecule has 8 heteroatoms. The van der Waals surface area contributed by atoms with Crippen molar-refractivity contribution in [1.82, 2.24) is 24.9 Å². The van der Waals surface area contributed by atoms with Gasteiger partial charge in [-0.2, -0.15) is 5.10 Å². The second kappa shape index (κ2) is 8.14. The summed E-state index contributed by atoms with van der Waals surface area (Å²) in [4.78, 5) is 27.9. The van der Waals surface area contributed by atoms with Crippen LogP contribution >= 0.6 is 0 Å². The number of aromatic nitrogens is 2. The number of rotatable bonds is 5. The topological polar surface area (TPSA) is 79.7 Å². The third-order valence-electron chi connectivity index (χ3n) is 4.38. The molecule has 1 aromatic rings. The fourth-order valence-electron chi connectivity index (χ4n) is 3.00. The van der Waals surface area contributed by atoms with Crippen LogP contribution in [-0.2, 0) is 16.6 Å². The lowest BCUT2D eigenvalue weighted by Gasteiger charge is -2.33. The lowest BCUT2D eigenvalue weighted by Crippen LogP contribution is -2.47. The van der Waals surface area contributed by atoms with E-state index in [1.807, 2.05) is 13.1 Å². The Balaban J connectivity index is 1.92. The van der Waals surface area contributed by atoms with Gasteiger partial charge in [0.05, 0.1) is 18.3 Å². The first-order valence-electron chi connectivity index (χ1n) is 8.17. The molecular weight excluding hydrogens is 310 g/mol. The van der Waals surface area contributed by atoms with Crippen molar-refractivity contribution in [3.8, 4) is 0 Å². The number of hydrogen-bond donors (Lipinski definition) is 1. The molecule has 0 radical (unpaired) electrons. The Hall–Kier alpha value is -2.09. The standard InChI is InChI=1S/C16H27N5O3/c1-19(2)16(23)21-9-6-12(7-10-21)15(22)18-13(11-24-4)14-5-8-17-20(14)3/h5,8,12-13H,6-7,9-11H2,1-4H3,(H,18,22). The van der Waals surface area contributed by atoms with E-state index >= 15 is 0 Å². The zero-order valence-corrected chi connectivity index (χ0v) is 14.9. The van der Waals surface area contributed by atoms with Crippen LogP contribution in [0.25, 0.3) is 0 Å². The zero-order valence-electron chi connectivity index (χ0n) is 14.9. The predicted molar refractivity (Wildman–Crippen MR) is 89.3 cm³/mol. The summed E-state index contributed by atoms with van der Waals surface area (Å²) in [5.74, 6) is -0.0704. The molecule has 0 aliphatic carbocycles. The number of nitrogens with zero attached hydrogens (tertiary/aromatic N) is 4. The van der Waals surface area contributed by atoms with Crippen LogP contribution in [0, 0.1) is 5.92 Å². The Bertz CT molecular complexity index is 564. The quantitative estimate of drug-likeness (QED) is 0.854. The molecule has 0 spiro atoms. The molecule has 134 valence electrons. The number of carbonyl (C=O) groups excluding carboxylic acids is 2. The molecule has 0 saturated carbocycles. The molecule has 2 rings (SSSR count). The van der Waals surface area contributed by atoms with E-state index in [1.54, 1.807) is 41.9 Å². The van der Waals surface area contributed by atoms with Crippen LogP contribution in [-0.4, -0.2) is 72.4 Å². The monoisotopic (exact) mass is 337 g/mol. The maximum absolute atomic E-state index is 12.6. The van der Waals surface area contributed by atoms with Gasteiger partial charge in [0.2, 0.25) is 5.91 Å². The van der Waals surface area contributed by atoms with Gasteiger partial charge in [-0.25, -0.2) is 4.79 Å². The highest BCUT2D eigenvalue weighted by Crippen LogP contribution is 2.20. The number of likely N-dealkylation sites (tertiary alicyclic amines) is 1. The summed E-state index contributed by atoms with van der Waals surface area (Å²) in [5, 5.41) is 7.21. The molecule has 1 fully saturated rings. The van der Waals surface area contributed by atoms with Crippen molar-refractivity contribution in [2.75, 3.05) is 40.9 Å². The summed E-state index contributed by atoms with van der Waals surface area (Å²) in [7, 11) is 6.94. The fraction of sp³-hybridized carbons (Fsp3) is 0.688. The van der Waals surface area contributed by atoms with E-state index in [0.29, 0.717) is 32.5 Å². The summed E-state index contributed by atoms with van der Waals surface area (Å²) in [5.41, 5.74) is 0.908. The number of piperidine rings is 1. The maximum Gasteiger partial charge on any atom is 0.319 e. The SMILES string of the molecule is COCC(NC(=O)C1CCN(C(=O)N(C)C)CC1)c1ccnn1C. The highest BCUT2D eigenvalue weighted by Gasteiger charge is 2.29. The number of nitrogens with one attached hydrogen (secondary N) is 1. The summed E-state index contributed by atoms with van der Waals surface area (Å²) in [6.07, 6.45) is 3.06. The molecule has 0 bridgehead atoms. The first kappa shape index (κ1) is 18.3. The van der Waals surface area contributed by atoms with Gasteiger partial charge in [0.1, 0.15) is 0 Å². The zero-order chi connectivity index (χ0) is 17.7. The number of carbonyl (C=O) groups is 2. The van der Waals surface area contributed by atoms with Gasteiger partial charge in [0, 0.05) is 53.5 Å². The molecule has 1 saturated heterocycles. The smallest absolute Gasteiger partial charge is 0.319 e. The van der Waals surface area contributed by atoms with Crippen LogP contribution < -0.4 is 5.32 Å². The minimum absolute atomic E-state index is 0.000928. The Morgan fingerprint density at radius 2 is 2.08 bits per heavy atom. The number of urea groups is 1. The van der Waals surface area contributed by atoms with Crippen LogP contribution in [0.5, 0.6) is 0 Å². The molecular formula is C16H27N5O3. The summed E-state index contributed by atoms with van der Waals surface area (Å²) >= 11 is 0. The molecule has 3 amide bonds. The van der Waals surface area contributed by atoms with Gasteiger partial charge in [0.25, 0.3) is 0 Å². The first-order chi connectivity index (χ1) is 11.4. The van der Waals surface area contributed by atoms with E-state index < -0.39 is 0 Å². The molecule has 1 aliphatic heterocycles. The number of amides is 3. The Kier molecular flexibility index (Phi) is 6.19. The summed E-state index contributed by atoms with van der Waals surface area (Å²) in [6, 6.07) is 1.65. The van der Waals surface area contributed by atoms with Gasteiger partial charge in [-0.15, -0.1) is 0 Å². The second-order valence-electron chi connectivity index (χ2n) is 6.33. The van der Waals surface area contributed by atoms with Gasteiger partial charge >= 0.3 is 6.03 Å². The molecule has 1 aromatic heterocycles. The number of methoxy groups -OCH3 is 1. The van der Waals surface area contributed by atoms with E-state index in [4.69, 9.17) is 4.74 Å². The van der Waals surface area contributed by atoms with Crippen molar-refractivity contribution in [2.24, 2.45) is 13.0 Å². The van der Waals surface area contributed by atoms with Crippen LogP contribution in [0.1, 0.15) is 24.6 Å². The van der Waals surface area contributed by atoms with E-state index in [9.17, 15) is 9.59 Å².